The number of aromatic nitrogens is 2. The van der Waals surface area contributed by atoms with E-state index in [4.69, 9.17) is 39.5 Å². The van der Waals surface area contributed by atoms with Crippen molar-refractivity contribution in [2.75, 3.05) is 7.11 Å². The van der Waals surface area contributed by atoms with Gasteiger partial charge in [0.1, 0.15) is 10.9 Å². The molecular formula is C15H9Cl3N2O. The first-order valence-corrected chi connectivity index (χ1v) is 7.18. The highest BCUT2D eigenvalue weighted by Gasteiger charge is 2.13. The zero-order chi connectivity index (χ0) is 15.0. The molecule has 2 aromatic carbocycles. The first kappa shape index (κ1) is 14.4. The van der Waals surface area contributed by atoms with Gasteiger partial charge in [-0.25, -0.2) is 9.97 Å². The van der Waals surface area contributed by atoms with Gasteiger partial charge in [0.15, 0.2) is 5.82 Å². The maximum Gasteiger partial charge on any atom is 0.165 e. The Morgan fingerprint density at radius 2 is 1.62 bits per heavy atom. The summed E-state index contributed by atoms with van der Waals surface area (Å²) in [6, 6.07) is 10.5. The van der Waals surface area contributed by atoms with Crippen molar-refractivity contribution in [1.29, 1.82) is 0 Å². The highest BCUT2D eigenvalue weighted by molar-refractivity contribution is 6.35. The molecule has 0 N–H and O–H groups in total. The first-order chi connectivity index (χ1) is 10.1. The number of ether oxygens (including phenoxy) is 1. The minimum atomic E-state index is 0.365. The Morgan fingerprint density at radius 3 is 2.38 bits per heavy atom. The zero-order valence-electron chi connectivity index (χ0n) is 10.9. The zero-order valence-corrected chi connectivity index (χ0v) is 13.2. The van der Waals surface area contributed by atoms with E-state index in [1.807, 2.05) is 0 Å². The monoisotopic (exact) mass is 338 g/mol. The largest absolute Gasteiger partial charge is 0.496 e. The number of hydrogen-bond donors (Lipinski definition) is 0. The minimum Gasteiger partial charge on any atom is -0.496 e. The lowest BCUT2D eigenvalue weighted by atomic mass is 10.1. The maximum atomic E-state index is 6.23. The second-order valence-electron chi connectivity index (χ2n) is 4.34. The quantitative estimate of drug-likeness (QED) is 0.597. The van der Waals surface area contributed by atoms with Gasteiger partial charge < -0.3 is 4.74 Å². The fourth-order valence-electron chi connectivity index (χ4n) is 2.03. The second kappa shape index (κ2) is 5.68. The van der Waals surface area contributed by atoms with Gasteiger partial charge in [0.2, 0.25) is 0 Å². The molecule has 1 heterocycles. The smallest absolute Gasteiger partial charge is 0.165 e. The third-order valence-corrected chi connectivity index (χ3v) is 3.78. The molecule has 106 valence electrons. The number of fused-ring (bicyclic) bond motifs is 1. The predicted octanol–water partition coefficient (Wildman–Crippen LogP) is 5.27. The molecule has 0 bridgehead atoms. The lowest BCUT2D eigenvalue weighted by Gasteiger charge is -2.09. The summed E-state index contributed by atoms with van der Waals surface area (Å²) in [5.74, 6) is 1.04. The van der Waals surface area contributed by atoms with Crippen molar-refractivity contribution in [2.24, 2.45) is 0 Å². The van der Waals surface area contributed by atoms with Crippen LogP contribution in [0.1, 0.15) is 0 Å². The summed E-state index contributed by atoms with van der Waals surface area (Å²) in [6.45, 7) is 0. The van der Waals surface area contributed by atoms with Crippen molar-refractivity contribution in [3.63, 3.8) is 0 Å². The molecule has 0 unspecified atom stereocenters. The summed E-state index contributed by atoms with van der Waals surface area (Å²) in [5.41, 5.74) is 1.39. The summed E-state index contributed by atoms with van der Waals surface area (Å²) in [6.07, 6.45) is 0. The van der Waals surface area contributed by atoms with Crippen molar-refractivity contribution >= 4 is 45.7 Å². The van der Waals surface area contributed by atoms with Crippen LogP contribution in [-0.4, -0.2) is 17.1 Å². The summed E-state index contributed by atoms with van der Waals surface area (Å²) >= 11 is 18.2. The molecule has 0 aliphatic heterocycles. The van der Waals surface area contributed by atoms with E-state index in [2.05, 4.69) is 9.97 Å². The van der Waals surface area contributed by atoms with E-state index in [0.717, 1.165) is 5.39 Å². The first-order valence-electron chi connectivity index (χ1n) is 6.05. The molecule has 3 rings (SSSR count). The Balaban J connectivity index is 2.25. The Bertz CT molecular complexity index is 837. The van der Waals surface area contributed by atoms with Crippen molar-refractivity contribution in [3.8, 4) is 17.1 Å². The van der Waals surface area contributed by atoms with Crippen LogP contribution in [-0.2, 0) is 0 Å². The van der Waals surface area contributed by atoms with E-state index in [1.54, 1.807) is 43.5 Å². The molecule has 1 aromatic heterocycles. The maximum absolute atomic E-state index is 6.23. The Hall–Kier alpha value is -1.55. The lowest BCUT2D eigenvalue weighted by molar-refractivity contribution is 0.416. The van der Waals surface area contributed by atoms with E-state index < -0.39 is 0 Å². The highest BCUT2D eigenvalue weighted by Crippen LogP contribution is 2.33. The van der Waals surface area contributed by atoms with Crippen LogP contribution in [0.4, 0.5) is 0 Å². The molecule has 0 radical (unpaired) electrons. The number of hydrogen-bond acceptors (Lipinski definition) is 3. The number of methoxy groups -OCH3 is 1. The Kier molecular flexibility index (Phi) is 3.89. The Morgan fingerprint density at radius 1 is 0.905 bits per heavy atom. The van der Waals surface area contributed by atoms with Gasteiger partial charge in [-0.15, -0.1) is 0 Å². The molecule has 0 saturated carbocycles. The van der Waals surface area contributed by atoms with E-state index in [9.17, 15) is 0 Å². The molecule has 6 heteroatoms. The average Bonchev–Trinajstić information content (AvgIpc) is 2.46. The van der Waals surface area contributed by atoms with E-state index >= 15 is 0 Å². The van der Waals surface area contributed by atoms with Gasteiger partial charge in [-0.05, 0) is 36.4 Å². The van der Waals surface area contributed by atoms with Gasteiger partial charge in [-0.3, -0.25) is 0 Å². The van der Waals surface area contributed by atoms with Crippen molar-refractivity contribution in [2.45, 2.75) is 0 Å². The van der Waals surface area contributed by atoms with Crippen LogP contribution in [0.25, 0.3) is 22.3 Å². The molecule has 0 spiro atoms. The third kappa shape index (κ3) is 2.77. The average molecular weight is 340 g/mol. The van der Waals surface area contributed by atoms with Gasteiger partial charge in [0, 0.05) is 15.4 Å². The minimum absolute atomic E-state index is 0.365. The number of nitrogens with zero attached hydrogens (tertiary/aromatic N) is 2. The van der Waals surface area contributed by atoms with Gasteiger partial charge >= 0.3 is 0 Å². The van der Waals surface area contributed by atoms with Crippen LogP contribution in [0.5, 0.6) is 5.75 Å². The number of rotatable bonds is 2. The van der Waals surface area contributed by atoms with Gasteiger partial charge in [0.25, 0.3) is 0 Å². The molecule has 3 aromatic rings. The van der Waals surface area contributed by atoms with Crippen LogP contribution >= 0.6 is 34.8 Å². The van der Waals surface area contributed by atoms with Crippen molar-refractivity contribution < 1.29 is 4.74 Å². The van der Waals surface area contributed by atoms with E-state index in [-0.39, 0.29) is 0 Å². The highest BCUT2D eigenvalue weighted by atomic mass is 35.5. The van der Waals surface area contributed by atoms with Crippen LogP contribution in [0.2, 0.25) is 15.2 Å². The lowest BCUT2D eigenvalue weighted by Crippen LogP contribution is -1.95. The molecular weight excluding hydrogens is 331 g/mol. The molecule has 0 aliphatic carbocycles. The predicted molar refractivity (Wildman–Crippen MR) is 86.6 cm³/mol. The Labute approximate surface area is 136 Å². The topological polar surface area (TPSA) is 35.0 Å². The fraction of sp³-hybridized carbons (Fsp3) is 0.0667. The summed E-state index contributed by atoms with van der Waals surface area (Å²) in [4.78, 5) is 8.83. The molecule has 0 atom stereocenters. The van der Waals surface area contributed by atoms with Crippen LogP contribution in [0, 0.1) is 0 Å². The fourth-order valence-corrected chi connectivity index (χ4v) is 2.60. The van der Waals surface area contributed by atoms with E-state index in [1.165, 1.54) is 0 Å². The second-order valence-corrected chi connectivity index (χ2v) is 5.57. The van der Waals surface area contributed by atoms with Gasteiger partial charge in [-0.1, -0.05) is 34.8 Å². The molecule has 21 heavy (non-hydrogen) atoms. The van der Waals surface area contributed by atoms with Crippen molar-refractivity contribution in [3.05, 3.63) is 51.6 Å². The molecule has 0 fully saturated rings. The van der Waals surface area contributed by atoms with E-state index in [0.29, 0.717) is 37.9 Å². The summed E-state index contributed by atoms with van der Waals surface area (Å²) in [5, 5.41) is 2.28. The number of benzene rings is 2. The molecule has 0 aliphatic rings. The molecule has 0 amide bonds. The normalized spacial score (nSPS) is 10.9. The summed E-state index contributed by atoms with van der Waals surface area (Å²) < 4.78 is 5.32. The van der Waals surface area contributed by atoms with Gasteiger partial charge in [0.05, 0.1) is 18.2 Å². The van der Waals surface area contributed by atoms with Crippen molar-refractivity contribution in [1.82, 2.24) is 9.97 Å². The molecule has 0 saturated heterocycles. The standard InChI is InChI=1S/C15H9Cl3N2O/c1-21-13-7-9(17)3-5-11(13)15-19-12-6-8(16)2-4-10(12)14(18)20-15/h2-7H,1H3. The van der Waals surface area contributed by atoms with Gasteiger partial charge in [-0.2, -0.15) is 0 Å². The third-order valence-electron chi connectivity index (χ3n) is 3.02. The van der Waals surface area contributed by atoms with Crippen LogP contribution in [0.15, 0.2) is 36.4 Å². The summed E-state index contributed by atoms with van der Waals surface area (Å²) in [7, 11) is 1.56. The van der Waals surface area contributed by atoms with Crippen LogP contribution in [0.3, 0.4) is 0 Å². The van der Waals surface area contributed by atoms with Crippen LogP contribution < -0.4 is 4.74 Å². The molecule has 3 nitrogen and oxygen atoms in total. The number of halogens is 3. The SMILES string of the molecule is COc1cc(Cl)ccc1-c1nc(Cl)c2ccc(Cl)cc2n1.